The summed E-state index contributed by atoms with van der Waals surface area (Å²) in [7, 11) is 1.47. The van der Waals surface area contributed by atoms with Gasteiger partial charge in [-0.2, -0.15) is 0 Å². The maximum absolute atomic E-state index is 11.5. The molecule has 0 saturated carbocycles. The fourth-order valence-corrected chi connectivity index (χ4v) is 1.35. The van der Waals surface area contributed by atoms with Gasteiger partial charge in [0.2, 0.25) is 0 Å². The van der Waals surface area contributed by atoms with Crippen LogP contribution in [-0.2, 0) is 14.2 Å². The number of Topliss-reactive ketones (excluding diaryl/α,β-unsaturated/α-hetero) is 1. The average Bonchev–Trinajstić information content (AvgIpc) is 2.11. The molecule has 13 heavy (non-hydrogen) atoms. The van der Waals surface area contributed by atoms with Crippen LogP contribution in [0.1, 0.15) is 13.3 Å². The molecule has 4 nitrogen and oxygen atoms in total. The molecule has 1 heterocycles. The Morgan fingerprint density at radius 3 is 2.77 bits per heavy atom. The third-order valence-corrected chi connectivity index (χ3v) is 2.39. The number of ketones is 1. The lowest BCUT2D eigenvalue weighted by molar-refractivity contribution is -0.143. The number of nitrogens with zero attached hydrogens (tertiary/aromatic N) is 1. The summed E-state index contributed by atoms with van der Waals surface area (Å²) in [4.78, 5) is 24.5. The molecule has 1 unspecified atom stereocenters. The standard InChI is InChI=1S/C8H14BNO3/c1-4-6-7(11)5-10(3)9(2)13-8(6)12/h6H,4-5H2,1-3H3. The van der Waals surface area contributed by atoms with Gasteiger partial charge in [-0.3, -0.25) is 9.59 Å². The first-order chi connectivity index (χ1) is 6.06. The summed E-state index contributed by atoms with van der Waals surface area (Å²) >= 11 is 0. The predicted molar refractivity (Wildman–Crippen MR) is 49.1 cm³/mol. The SMILES string of the molecule is CCC1C(=O)CN(C)B(C)OC1=O. The van der Waals surface area contributed by atoms with Gasteiger partial charge in [-0.1, -0.05) is 6.92 Å². The Morgan fingerprint density at radius 2 is 2.23 bits per heavy atom. The number of carbonyl (C=O) groups is 2. The quantitative estimate of drug-likeness (QED) is 0.430. The van der Waals surface area contributed by atoms with E-state index in [-0.39, 0.29) is 18.8 Å². The molecule has 0 radical (unpaired) electrons. The van der Waals surface area contributed by atoms with Crippen molar-refractivity contribution in [2.75, 3.05) is 13.6 Å². The molecule has 0 bridgehead atoms. The molecular formula is C8H14BNO3. The monoisotopic (exact) mass is 183 g/mol. The van der Waals surface area contributed by atoms with E-state index in [0.29, 0.717) is 13.0 Å². The molecule has 0 spiro atoms. The summed E-state index contributed by atoms with van der Waals surface area (Å²) in [6.45, 7) is 3.88. The predicted octanol–water partition coefficient (Wildman–Crippen LogP) is 0.188. The highest BCUT2D eigenvalue weighted by Crippen LogP contribution is 2.13. The molecule has 1 aliphatic heterocycles. The smallest absolute Gasteiger partial charge is 0.448 e. The minimum absolute atomic E-state index is 0.0423. The Balaban J connectivity index is 2.80. The van der Waals surface area contributed by atoms with Crippen molar-refractivity contribution in [1.29, 1.82) is 0 Å². The molecule has 0 amide bonds. The minimum Gasteiger partial charge on any atom is -0.520 e. The second-order valence-electron chi connectivity index (χ2n) is 3.38. The molecule has 0 aromatic carbocycles. The van der Waals surface area contributed by atoms with Crippen LogP contribution in [0.5, 0.6) is 0 Å². The molecule has 72 valence electrons. The van der Waals surface area contributed by atoms with Crippen molar-refractivity contribution in [3.8, 4) is 0 Å². The second-order valence-corrected chi connectivity index (χ2v) is 3.38. The molecule has 5 heteroatoms. The van der Waals surface area contributed by atoms with E-state index in [1.807, 2.05) is 6.92 Å². The van der Waals surface area contributed by atoms with E-state index in [1.54, 1.807) is 18.7 Å². The Kier molecular flexibility index (Phi) is 3.09. The second kappa shape index (κ2) is 3.92. The van der Waals surface area contributed by atoms with Crippen LogP contribution < -0.4 is 0 Å². The average molecular weight is 183 g/mol. The Hall–Kier alpha value is -0.835. The van der Waals surface area contributed by atoms with Gasteiger partial charge in [0.05, 0.1) is 6.54 Å². The summed E-state index contributed by atoms with van der Waals surface area (Å²) in [6, 6.07) is 0. The largest absolute Gasteiger partial charge is 0.520 e. The molecular weight excluding hydrogens is 169 g/mol. The summed E-state index contributed by atoms with van der Waals surface area (Å²) in [5, 5.41) is 0. The highest BCUT2D eigenvalue weighted by atomic mass is 16.5. The van der Waals surface area contributed by atoms with Gasteiger partial charge in [0.25, 0.3) is 5.97 Å². The lowest BCUT2D eigenvalue weighted by atomic mass is 9.85. The van der Waals surface area contributed by atoms with Crippen LogP contribution in [0, 0.1) is 5.92 Å². The van der Waals surface area contributed by atoms with Gasteiger partial charge in [0.15, 0.2) is 5.78 Å². The topological polar surface area (TPSA) is 46.6 Å². The first-order valence-electron chi connectivity index (χ1n) is 4.49. The molecule has 1 atom stereocenters. The lowest BCUT2D eigenvalue weighted by Crippen LogP contribution is -2.37. The van der Waals surface area contributed by atoms with Gasteiger partial charge in [-0.05, 0) is 20.3 Å². The van der Waals surface area contributed by atoms with Gasteiger partial charge in [-0.15, -0.1) is 0 Å². The van der Waals surface area contributed by atoms with Crippen molar-refractivity contribution in [2.45, 2.75) is 20.2 Å². The van der Waals surface area contributed by atoms with Crippen molar-refractivity contribution in [1.82, 2.24) is 4.81 Å². The van der Waals surface area contributed by atoms with Gasteiger partial charge in [0.1, 0.15) is 5.92 Å². The van der Waals surface area contributed by atoms with Crippen LogP contribution in [0.2, 0.25) is 6.82 Å². The van der Waals surface area contributed by atoms with Crippen LogP contribution in [-0.4, -0.2) is 37.2 Å². The van der Waals surface area contributed by atoms with Gasteiger partial charge < -0.3 is 9.47 Å². The summed E-state index contributed by atoms with van der Waals surface area (Å²) in [6.07, 6.45) is 0.526. The number of carbonyl (C=O) groups excluding carboxylic acids is 2. The Morgan fingerprint density at radius 1 is 1.62 bits per heavy atom. The maximum Gasteiger partial charge on any atom is 0.448 e. The molecule has 0 aromatic rings. The number of rotatable bonds is 1. The molecule has 0 aliphatic carbocycles. The fraction of sp³-hybridized carbons (Fsp3) is 0.750. The van der Waals surface area contributed by atoms with Crippen LogP contribution in [0.3, 0.4) is 0 Å². The first kappa shape index (κ1) is 10.2. The van der Waals surface area contributed by atoms with E-state index in [1.165, 1.54) is 0 Å². The zero-order valence-corrected chi connectivity index (χ0v) is 8.24. The van der Waals surface area contributed by atoms with E-state index in [2.05, 4.69) is 0 Å². The van der Waals surface area contributed by atoms with Crippen LogP contribution in [0.4, 0.5) is 0 Å². The van der Waals surface area contributed by atoms with Gasteiger partial charge >= 0.3 is 7.05 Å². The van der Waals surface area contributed by atoms with E-state index in [4.69, 9.17) is 4.65 Å². The van der Waals surface area contributed by atoms with Crippen LogP contribution in [0.25, 0.3) is 0 Å². The van der Waals surface area contributed by atoms with E-state index in [0.717, 1.165) is 0 Å². The van der Waals surface area contributed by atoms with Crippen molar-refractivity contribution in [2.24, 2.45) is 5.92 Å². The summed E-state index contributed by atoms with van der Waals surface area (Å²) in [5.41, 5.74) is 0. The molecule has 1 saturated heterocycles. The zero-order chi connectivity index (χ0) is 10.0. The molecule has 1 aliphatic rings. The van der Waals surface area contributed by atoms with E-state index < -0.39 is 5.92 Å². The maximum atomic E-state index is 11.5. The van der Waals surface area contributed by atoms with Gasteiger partial charge in [-0.25, -0.2) is 0 Å². The van der Waals surface area contributed by atoms with Crippen molar-refractivity contribution in [3.63, 3.8) is 0 Å². The van der Waals surface area contributed by atoms with Gasteiger partial charge in [0, 0.05) is 0 Å². The summed E-state index contributed by atoms with van der Waals surface area (Å²) < 4.78 is 5.06. The van der Waals surface area contributed by atoms with Crippen molar-refractivity contribution in [3.05, 3.63) is 0 Å². The molecule has 0 aromatic heterocycles. The number of hydrogen-bond donors (Lipinski definition) is 0. The van der Waals surface area contributed by atoms with Crippen LogP contribution in [0.15, 0.2) is 0 Å². The van der Waals surface area contributed by atoms with Crippen LogP contribution >= 0.6 is 0 Å². The Labute approximate surface area is 78.4 Å². The third kappa shape index (κ3) is 2.09. The zero-order valence-electron chi connectivity index (χ0n) is 8.24. The minimum atomic E-state index is -0.563. The van der Waals surface area contributed by atoms with Crippen molar-refractivity contribution >= 4 is 18.8 Å². The number of likely N-dealkylation sites (N-methyl/N-ethyl adjacent to an activating group) is 1. The third-order valence-electron chi connectivity index (χ3n) is 2.39. The first-order valence-corrected chi connectivity index (χ1v) is 4.49. The molecule has 1 fully saturated rings. The molecule has 1 rings (SSSR count). The lowest BCUT2D eigenvalue weighted by Gasteiger charge is -2.15. The highest BCUT2D eigenvalue weighted by Gasteiger charge is 2.35. The Bertz CT molecular complexity index is 209. The molecule has 0 N–H and O–H groups in total. The van der Waals surface area contributed by atoms with E-state index >= 15 is 0 Å². The highest BCUT2D eigenvalue weighted by molar-refractivity contribution is 6.50. The normalized spacial score (nSPS) is 25.8. The summed E-state index contributed by atoms with van der Waals surface area (Å²) in [5.74, 6) is -0.990. The number of hydrogen-bond acceptors (Lipinski definition) is 4. The van der Waals surface area contributed by atoms with E-state index in [9.17, 15) is 9.59 Å². The van der Waals surface area contributed by atoms with Crippen molar-refractivity contribution < 1.29 is 14.2 Å². The fourth-order valence-electron chi connectivity index (χ4n) is 1.35.